The number of halogens is 1. The summed E-state index contributed by atoms with van der Waals surface area (Å²) < 4.78 is 6.83. The van der Waals surface area contributed by atoms with Gasteiger partial charge in [-0.1, -0.05) is 15.9 Å². The minimum absolute atomic E-state index is 0.110. The number of carboxylic acids is 1. The van der Waals surface area contributed by atoms with Crippen LogP contribution in [0.5, 0.6) is 5.75 Å². The summed E-state index contributed by atoms with van der Waals surface area (Å²) in [4.78, 5) is 15.0. The second kappa shape index (κ2) is 7.89. The summed E-state index contributed by atoms with van der Waals surface area (Å²) >= 11 is 5.24. The summed E-state index contributed by atoms with van der Waals surface area (Å²) in [6.45, 7) is 5.38. The molecule has 1 aromatic carbocycles. The molecule has 0 aliphatic carbocycles. The van der Waals surface area contributed by atoms with Crippen molar-refractivity contribution in [2.75, 3.05) is 13.2 Å². The van der Waals surface area contributed by atoms with E-state index in [-0.39, 0.29) is 6.04 Å². The molecule has 1 aliphatic heterocycles. The first-order valence-electron chi connectivity index (χ1n) is 8.47. The monoisotopic (exact) mass is 423 g/mol. The van der Waals surface area contributed by atoms with E-state index in [1.807, 2.05) is 19.1 Å². The molecule has 0 radical (unpaired) electrons. The lowest BCUT2D eigenvalue weighted by atomic mass is 10.0. The Balaban J connectivity index is 2.12. The van der Waals surface area contributed by atoms with Crippen molar-refractivity contribution in [3.63, 3.8) is 0 Å². The zero-order chi connectivity index (χ0) is 18.0. The van der Waals surface area contributed by atoms with E-state index in [1.54, 1.807) is 11.3 Å². The molecule has 3 rings (SSSR count). The Morgan fingerprint density at radius 1 is 1.48 bits per heavy atom. The van der Waals surface area contributed by atoms with Gasteiger partial charge in [0.2, 0.25) is 0 Å². The van der Waals surface area contributed by atoms with Crippen LogP contribution >= 0.6 is 27.3 Å². The van der Waals surface area contributed by atoms with Crippen LogP contribution in [0.3, 0.4) is 0 Å². The van der Waals surface area contributed by atoms with E-state index >= 15 is 0 Å². The van der Waals surface area contributed by atoms with E-state index in [4.69, 9.17) is 4.74 Å². The molecular formula is C19H22BrNO3S. The van der Waals surface area contributed by atoms with Gasteiger partial charge >= 0.3 is 5.97 Å². The second-order valence-corrected chi connectivity index (χ2v) is 8.14. The average molecular weight is 424 g/mol. The van der Waals surface area contributed by atoms with E-state index in [0.717, 1.165) is 33.6 Å². The lowest BCUT2D eigenvalue weighted by Crippen LogP contribution is -2.39. The molecular weight excluding hydrogens is 402 g/mol. The Bertz CT molecular complexity index is 761. The van der Waals surface area contributed by atoms with Crippen LogP contribution in [0, 0.1) is 6.92 Å². The normalized spacial score (nSPS) is 19.1. The third-order valence-corrected chi connectivity index (χ3v) is 6.09. The Hall–Kier alpha value is -1.37. The molecule has 1 N–H and O–H groups in total. The van der Waals surface area contributed by atoms with E-state index in [2.05, 4.69) is 45.3 Å². The van der Waals surface area contributed by atoms with Crippen molar-refractivity contribution >= 4 is 33.2 Å². The van der Waals surface area contributed by atoms with Crippen LogP contribution in [0.4, 0.5) is 0 Å². The largest absolute Gasteiger partial charge is 0.494 e. The van der Waals surface area contributed by atoms with Gasteiger partial charge in [0.05, 0.1) is 12.6 Å². The number of likely N-dealkylation sites (tertiary alicyclic amines) is 1. The summed E-state index contributed by atoms with van der Waals surface area (Å²) in [5.41, 5.74) is 2.22. The van der Waals surface area contributed by atoms with Gasteiger partial charge < -0.3 is 9.84 Å². The number of carboxylic acid groups (broad SMARTS) is 1. The summed E-state index contributed by atoms with van der Waals surface area (Å²) in [6.07, 6.45) is 1.59. The molecule has 1 fully saturated rings. The van der Waals surface area contributed by atoms with Gasteiger partial charge in [-0.15, -0.1) is 11.3 Å². The fourth-order valence-corrected chi connectivity index (χ4v) is 4.89. The molecule has 1 aliphatic rings. The van der Waals surface area contributed by atoms with Crippen LogP contribution in [0.25, 0.3) is 0 Å². The first kappa shape index (κ1) is 18.4. The maximum Gasteiger partial charge on any atom is 0.320 e. The number of nitrogens with zero attached hydrogens (tertiary/aromatic N) is 1. The molecule has 0 amide bonds. The molecule has 2 heterocycles. The van der Waals surface area contributed by atoms with Crippen LogP contribution in [0.1, 0.15) is 41.8 Å². The fourth-order valence-electron chi connectivity index (χ4n) is 3.48. The van der Waals surface area contributed by atoms with Crippen molar-refractivity contribution < 1.29 is 14.6 Å². The minimum atomic E-state index is -0.747. The number of benzene rings is 1. The molecule has 2 atom stereocenters. The fraction of sp³-hybridized carbons (Fsp3) is 0.421. The van der Waals surface area contributed by atoms with Crippen molar-refractivity contribution in [3.05, 3.63) is 50.1 Å². The van der Waals surface area contributed by atoms with E-state index in [0.29, 0.717) is 13.0 Å². The standard InChI is InChI=1S/C19H22BrNO3S/c1-3-24-16-7-6-13(20)10-14(16)18(17-9-12(2)11-25-17)21-8-4-5-15(21)19(22)23/h6-7,9-11,15,18H,3-5,8H2,1-2H3,(H,22,23). The van der Waals surface area contributed by atoms with Crippen molar-refractivity contribution in [2.45, 2.75) is 38.8 Å². The van der Waals surface area contributed by atoms with Crippen LogP contribution in [-0.2, 0) is 4.79 Å². The first-order chi connectivity index (χ1) is 12.0. The SMILES string of the molecule is CCOc1ccc(Br)cc1C(c1cc(C)cs1)N1CCCC1C(=O)O. The van der Waals surface area contributed by atoms with Crippen molar-refractivity contribution in [1.82, 2.24) is 4.90 Å². The number of rotatable bonds is 6. The van der Waals surface area contributed by atoms with Crippen LogP contribution in [0.2, 0.25) is 0 Å². The Kier molecular flexibility index (Phi) is 5.81. The summed E-state index contributed by atoms with van der Waals surface area (Å²) in [6, 6.07) is 7.57. The maximum absolute atomic E-state index is 11.8. The number of carbonyl (C=O) groups is 1. The number of thiophene rings is 1. The molecule has 134 valence electrons. The molecule has 1 saturated heterocycles. The number of ether oxygens (including phenoxy) is 1. The maximum atomic E-state index is 11.8. The molecule has 0 spiro atoms. The predicted molar refractivity (Wildman–Crippen MR) is 104 cm³/mol. The van der Waals surface area contributed by atoms with Gasteiger partial charge in [0.25, 0.3) is 0 Å². The molecule has 0 saturated carbocycles. The lowest BCUT2D eigenvalue weighted by Gasteiger charge is -2.32. The highest BCUT2D eigenvalue weighted by Gasteiger charge is 2.38. The Labute approximate surface area is 160 Å². The highest BCUT2D eigenvalue weighted by atomic mass is 79.9. The van der Waals surface area contributed by atoms with Gasteiger partial charge in [-0.2, -0.15) is 0 Å². The number of aryl methyl sites for hydroxylation is 1. The van der Waals surface area contributed by atoms with Crippen LogP contribution in [-0.4, -0.2) is 35.2 Å². The first-order valence-corrected chi connectivity index (χ1v) is 10.1. The topological polar surface area (TPSA) is 49.8 Å². The number of hydrogen-bond donors (Lipinski definition) is 1. The van der Waals surface area contributed by atoms with Gasteiger partial charge in [-0.25, -0.2) is 0 Å². The lowest BCUT2D eigenvalue weighted by molar-refractivity contribution is -0.142. The molecule has 4 nitrogen and oxygen atoms in total. The van der Waals surface area contributed by atoms with Crippen molar-refractivity contribution in [1.29, 1.82) is 0 Å². The quantitative estimate of drug-likeness (QED) is 0.720. The highest BCUT2D eigenvalue weighted by Crippen LogP contribution is 2.42. The smallest absolute Gasteiger partial charge is 0.320 e. The molecule has 25 heavy (non-hydrogen) atoms. The van der Waals surface area contributed by atoms with E-state index in [1.165, 1.54) is 5.56 Å². The summed E-state index contributed by atoms with van der Waals surface area (Å²) in [5.74, 6) is 0.0709. The Morgan fingerprint density at radius 2 is 2.28 bits per heavy atom. The zero-order valence-corrected chi connectivity index (χ0v) is 16.8. The van der Waals surface area contributed by atoms with Gasteiger partial charge in [-0.3, -0.25) is 9.69 Å². The van der Waals surface area contributed by atoms with Crippen LogP contribution in [0.15, 0.2) is 34.1 Å². The van der Waals surface area contributed by atoms with E-state index in [9.17, 15) is 9.90 Å². The molecule has 2 unspecified atom stereocenters. The minimum Gasteiger partial charge on any atom is -0.494 e. The van der Waals surface area contributed by atoms with Gasteiger partial charge in [-0.05, 0) is 61.9 Å². The zero-order valence-electron chi connectivity index (χ0n) is 14.4. The van der Waals surface area contributed by atoms with Crippen molar-refractivity contribution in [2.24, 2.45) is 0 Å². The highest BCUT2D eigenvalue weighted by molar-refractivity contribution is 9.10. The summed E-state index contributed by atoms with van der Waals surface area (Å²) in [5, 5.41) is 11.8. The Morgan fingerprint density at radius 3 is 2.92 bits per heavy atom. The average Bonchev–Trinajstić information content (AvgIpc) is 3.20. The summed E-state index contributed by atoms with van der Waals surface area (Å²) in [7, 11) is 0. The van der Waals surface area contributed by atoms with E-state index < -0.39 is 12.0 Å². The second-order valence-electron chi connectivity index (χ2n) is 6.28. The molecule has 0 bridgehead atoms. The number of aliphatic carboxylic acids is 1. The van der Waals surface area contributed by atoms with Gasteiger partial charge in [0.1, 0.15) is 11.8 Å². The third-order valence-electron chi connectivity index (χ3n) is 4.50. The molecule has 2 aromatic rings. The molecule has 6 heteroatoms. The van der Waals surface area contributed by atoms with Crippen LogP contribution < -0.4 is 4.74 Å². The predicted octanol–water partition coefficient (Wildman–Crippen LogP) is 4.86. The number of hydrogen-bond acceptors (Lipinski definition) is 4. The van der Waals surface area contributed by atoms with Gasteiger partial charge in [0, 0.05) is 21.5 Å². The van der Waals surface area contributed by atoms with Crippen molar-refractivity contribution in [3.8, 4) is 5.75 Å². The molecule has 1 aromatic heterocycles. The van der Waals surface area contributed by atoms with Gasteiger partial charge in [0.15, 0.2) is 0 Å². The third kappa shape index (κ3) is 3.91.